The van der Waals surface area contributed by atoms with Gasteiger partial charge in [0.2, 0.25) is 0 Å². The summed E-state index contributed by atoms with van der Waals surface area (Å²) in [6.45, 7) is 0. The molecule has 0 amide bonds. The van der Waals surface area contributed by atoms with Crippen LogP contribution in [-0.2, 0) is 5.41 Å². The van der Waals surface area contributed by atoms with Crippen LogP contribution in [0.25, 0.3) is 66.6 Å². The average molecular weight is 844 g/mol. The maximum atomic E-state index is 7.13. The minimum atomic E-state index is -0.714. The number of nitrogens with zero attached hydrogens (tertiary/aromatic N) is 1. The van der Waals surface area contributed by atoms with Crippen molar-refractivity contribution < 1.29 is 9.15 Å². The van der Waals surface area contributed by atoms with Gasteiger partial charge in [-0.15, -0.1) is 0 Å². The van der Waals surface area contributed by atoms with Crippen LogP contribution in [0.4, 0.5) is 17.1 Å². The molecule has 0 saturated carbocycles. The Kier molecular flexibility index (Phi) is 8.75. The molecule has 2 heterocycles. The van der Waals surface area contributed by atoms with E-state index in [1.165, 1.54) is 55.6 Å². The quantitative estimate of drug-likeness (QED) is 0.160. The molecule has 66 heavy (non-hydrogen) atoms. The van der Waals surface area contributed by atoms with Gasteiger partial charge >= 0.3 is 0 Å². The van der Waals surface area contributed by atoms with E-state index in [4.69, 9.17) is 9.15 Å². The Balaban J connectivity index is 0.940. The summed E-state index contributed by atoms with van der Waals surface area (Å²) in [6, 6.07) is 89.0. The Morgan fingerprint density at radius 1 is 0.318 bits per heavy atom. The lowest BCUT2D eigenvalue weighted by atomic mass is 9.69. The summed E-state index contributed by atoms with van der Waals surface area (Å²) < 4.78 is 14.1. The lowest BCUT2D eigenvalue weighted by Crippen LogP contribution is -2.31. The fourth-order valence-corrected chi connectivity index (χ4v) is 10.4. The van der Waals surface area contributed by atoms with Crippen molar-refractivity contribution in [3.05, 3.63) is 271 Å². The number of para-hydroxylation sites is 1. The van der Waals surface area contributed by atoms with E-state index in [0.29, 0.717) is 0 Å². The molecule has 2 aliphatic rings. The molecule has 0 bridgehead atoms. The van der Waals surface area contributed by atoms with E-state index in [2.05, 4.69) is 241 Å². The number of hydrogen-bond acceptors (Lipinski definition) is 3. The number of hydrogen-bond donors (Lipinski definition) is 0. The Morgan fingerprint density at radius 3 is 1.21 bits per heavy atom. The molecule has 0 N–H and O–H groups in total. The molecule has 0 radical (unpaired) electrons. The maximum absolute atomic E-state index is 7.13. The average Bonchev–Trinajstić information content (AvgIpc) is 3.91. The summed E-state index contributed by atoms with van der Waals surface area (Å²) in [5, 5.41) is 0.960. The molecule has 1 spiro atoms. The molecule has 0 atom stereocenters. The highest BCUT2D eigenvalue weighted by Gasteiger charge is 2.54. The summed E-state index contributed by atoms with van der Waals surface area (Å²) in [4.78, 5) is 2.33. The van der Waals surface area contributed by atoms with Gasteiger partial charge in [0.25, 0.3) is 0 Å². The first kappa shape index (κ1) is 37.9. The zero-order chi connectivity index (χ0) is 43.6. The van der Waals surface area contributed by atoms with Crippen molar-refractivity contribution in [2.24, 2.45) is 0 Å². The first-order valence-corrected chi connectivity index (χ1v) is 22.6. The van der Waals surface area contributed by atoms with Gasteiger partial charge in [0, 0.05) is 28.7 Å². The van der Waals surface area contributed by atoms with Crippen LogP contribution in [0.2, 0.25) is 0 Å². The summed E-state index contributed by atoms with van der Waals surface area (Å²) in [5.41, 5.74) is 18.5. The van der Waals surface area contributed by atoms with E-state index in [1.54, 1.807) is 0 Å². The highest BCUT2D eigenvalue weighted by atomic mass is 16.5. The van der Waals surface area contributed by atoms with Crippen LogP contribution in [0.3, 0.4) is 0 Å². The summed E-state index contributed by atoms with van der Waals surface area (Å²) >= 11 is 0. The molecule has 310 valence electrons. The first-order valence-electron chi connectivity index (χ1n) is 22.6. The van der Waals surface area contributed by atoms with E-state index in [0.717, 1.165) is 62.0 Å². The lowest BCUT2D eigenvalue weighted by molar-refractivity contribution is 0.389. The number of furan rings is 1. The maximum Gasteiger partial charge on any atom is 0.178 e. The van der Waals surface area contributed by atoms with Crippen molar-refractivity contribution in [2.45, 2.75) is 5.41 Å². The third-order valence-electron chi connectivity index (χ3n) is 13.6. The number of anilines is 3. The second-order valence-electron chi connectivity index (χ2n) is 17.2. The third kappa shape index (κ3) is 5.98. The van der Waals surface area contributed by atoms with Crippen molar-refractivity contribution in [2.75, 3.05) is 4.90 Å². The predicted molar refractivity (Wildman–Crippen MR) is 270 cm³/mol. The topological polar surface area (TPSA) is 25.6 Å². The molecular weight excluding hydrogens is 803 g/mol. The van der Waals surface area contributed by atoms with Gasteiger partial charge in [-0.1, -0.05) is 200 Å². The SMILES string of the molecule is c1ccc(-c2ccc(-c3ccc(N(c4ccc(-c5ccc(-c6ccccc6)cc5)cc4)c4ccc5c(c4)Oc4c(oc6ccccc46)C54c5ccccc5-c5ccccc54)cc3)cc2)cc1. The second kappa shape index (κ2) is 15.3. The molecule has 3 nitrogen and oxygen atoms in total. The number of ether oxygens (including phenoxy) is 1. The number of benzene rings is 10. The van der Waals surface area contributed by atoms with Crippen LogP contribution >= 0.6 is 0 Å². The van der Waals surface area contributed by atoms with E-state index >= 15 is 0 Å². The molecule has 1 aliphatic carbocycles. The van der Waals surface area contributed by atoms with Crippen LogP contribution in [0.1, 0.15) is 22.5 Å². The smallest absolute Gasteiger partial charge is 0.178 e. The Hall–Kier alpha value is -8.66. The molecule has 3 heteroatoms. The van der Waals surface area contributed by atoms with Crippen molar-refractivity contribution in [1.29, 1.82) is 0 Å². The highest BCUT2D eigenvalue weighted by Crippen LogP contribution is 2.64. The standard InChI is InChI=1S/C63H41NO2/c1-3-13-42(14-4-1)44-23-27-46(28-24-44)48-31-35-50(36-32-48)64(51-37-33-49(34-38-51)47-29-25-45(26-30-47)43-15-5-2-6-16-43)52-39-40-58-60(41-52)65-61-55-19-9-12-22-59(55)66-62(61)63(58)56-20-10-7-17-53(56)54-18-8-11-21-57(54)63/h1-41H. The molecule has 0 unspecified atom stereocenters. The summed E-state index contributed by atoms with van der Waals surface area (Å²) in [5.74, 6) is 2.38. The van der Waals surface area contributed by atoms with Crippen LogP contribution in [0.5, 0.6) is 11.5 Å². The van der Waals surface area contributed by atoms with Gasteiger partial charge in [0.05, 0.1) is 5.39 Å². The zero-order valence-electron chi connectivity index (χ0n) is 35.9. The molecule has 10 aromatic carbocycles. The summed E-state index contributed by atoms with van der Waals surface area (Å²) in [6.07, 6.45) is 0. The van der Waals surface area contributed by atoms with Gasteiger partial charge in [-0.25, -0.2) is 0 Å². The van der Waals surface area contributed by atoms with Gasteiger partial charge in [0.1, 0.15) is 16.7 Å². The fraction of sp³-hybridized carbons (Fsp3) is 0.0159. The largest absolute Gasteiger partial charge is 0.455 e. The summed E-state index contributed by atoms with van der Waals surface area (Å²) in [7, 11) is 0. The van der Waals surface area contributed by atoms with Crippen LogP contribution in [0.15, 0.2) is 253 Å². The van der Waals surface area contributed by atoms with E-state index in [1.807, 2.05) is 12.1 Å². The van der Waals surface area contributed by atoms with Gasteiger partial charge in [-0.05, 0) is 109 Å². The van der Waals surface area contributed by atoms with Gasteiger partial charge in [-0.2, -0.15) is 0 Å². The van der Waals surface area contributed by atoms with Gasteiger partial charge in [0.15, 0.2) is 11.5 Å². The minimum Gasteiger partial charge on any atom is -0.455 e. The molecule has 11 aromatic rings. The van der Waals surface area contributed by atoms with Crippen LogP contribution in [-0.4, -0.2) is 0 Å². The normalized spacial score (nSPS) is 12.8. The Morgan fingerprint density at radius 2 is 0.712 bits per heavy atom. The van der Waals surface area contributed by atoms with Crippen LogP contribution < -0.4 is 9.64 Å². The minimum absolute atomic E-state index is 0.714. The van der Waals surface area contributed by atoms with E-state index < -0.39 is 5.41 Å². The Bertz CT molecular complexity index is 3400. The fourth-order valence-electron chi connectivity index (χ4n) is 10.4. The van der Waals surface area contributed by atoms with E-state index in [9.17, 15) is 0 Å². The highest BCUT2D eigenvalue weighted by molar-refractivity contribution is 5.94. The van der Waals surface area contributed by atoms with Crippen molar-refractivity contribution in [3.63, 3.8) is 0 Å². The predicted octanol–water partition coefficient (Wildman–Crippen LogP) is 17.0. The van der Waals surface area contributed by atoms with Crippen molar-refractivity contribution in [1.82, 2.24) is 0 Å². The molecular formula is C63H41NO2. The zero-order valence-corrected chi connectivity index (χ0v) is 35.9. The van der Waals surface area contributed by atoms with Crippen molar-refractivity contribution in [3.8, 4) is 67.1 Å². The molecule has 1 aromatic heterocycles. The van der Waals surface area contributed by atoms with Gasteiger partial charge in [-0.3, -0.25) is 0 Å². The molecule has 13 rings (SSSR count). The number of rotatable bonds is 7. The third-order valence-corrected chi connectivity index (χ3v) is 13.6. The van der Waals surface area contributed by atoms with Crippen molar-refractivity contribution >= 4 is 28.0 Å². The lowest BCUT2D eigenvalue weighted by Gasteiger charge is -2.37. The molecule has 1 aliphatic heterocycles. The number of fused-ring (bicyclic) bond motifs is 11. The second-order valence-corrected chi connectivity index (χ2v) is 17.2. The van der Waals surface area contributed by atoms with Gasteiger partial charge < -0.3 is 14.1 Å². The van der Waals surface area contributed by atoms with E-state index in [-0.39, 0.29) is 0 Å². The Labute approximate surface area is 384 Å². The molecule has 0 saturated heterocycles. The van der Waals surface area contributed by atoms with Crippen LogP contribution in [0, 0.1) is 0 Å². The first-order chi connectivity index (χ1) is 32.7. The molecule has 0 fully saturated rings. The monoisotopic (exact) mass is 843 g/mol.